The number of carbonyl (C=O) groups is 3. The molecule has 176 valence electrons. The van der Waals surface area contributed by atoms with E-state index in [0.29, 0.717) is 31.7 Å². The van der Waals surface area contributed by atoms with Crippen LogP contribution >= 0.6 is 11.3 Å². The minimum Gasteiger partial charge on any atom is -0.352 e. The van der Waals surface area contributed by atoms with E-state index in [-0.39, 0.29) is 33.7 Å². The molecule has 2 heterocycles. The van der Waals surface area contributed by atoms with E-state index in [4.69, 9.17) is 0 Å². The molecule has 34 heavy (non-hydrogen) atoms. The molecule has 9 heteroatoms. The van der Waals surface area contributed by atoms with Gasteiger partial charge < -0.3 is 15.5 Å². The van der Waals surface area contributed by atoms with Gasteiger partial charge in [-0.05, 0) is 43.4 Å². The number of carbonyl (C=O) groups excluding carboxylic acids is 3. The molecular weight excluding hydrogens is 450 g/mol. The van der Waals surface area contributed by atoms with E-state index in [1.165, 1.54) is 0 Å². The van der Waals surface area contributed by atoms with Gasteiger partial charge in [-0.25, -0.2) is 0 Å². The quantitative estimate of drug-likeness (QED) is 0.540. The second-order valence-corrected chi connectivity index (χ2v) is 9.41. The molecule has 0 saturated carbocycles. The van der Waals surface area contributed by atoms with Crippen LogP contribution in [0, 0.1) is 12.8 Å². The number of aromatic nitrogens is 2. The molecule has 0 radical (unpaired) electrons. The summed E-state index contributed by atoms with van der Waals surface area (Å²) in [5.74, 6) is -0.341. The fourth-order valence-corrected chi connectivity index (χ4v) is 4.54. The Morgan fingerprint density at radius 3 is 2.35 bits per heavy atom. The molecule has 1 fully saturated rings. The monoisotopic (exact) mass is 477 g/mol. The maximum Gasteiger partial charge on any atom is 0.286 e. The number of likely N-dealkylation sites (tertiary alicyclic amines) is 1. The third-order valence-electron chi connectivity index (χ3n) is 5.82. The van der Waals surface area contributed by atoms with Crippen molar-refractivity contribution in [3.05, 3.63) is 75.7 Å². The lowest BCUT2D eigenvalue weighted by Gasteiger charge is -2.31. The van der Waals surface area contributed by atoms with Crippen molar-refractivity contribution in [3.63, 3.8) is 0 Å². The van der Waals surface area contributed by atoms with Gasteiger partial charge in [0.05, 0.1) is 0 Å². The SMILES string of the molecule is Cc1ccc(NC(=O)c2nnc(C(=O)N3CCC(CC(=O)NCc4ccccc4)CC3)s2)cc1. The summed E-state index contributed by atoms with van der Waals surface area (Å²) >= 11 is 0.991. The lowest BCUT2D eigenvalue weighted by Crippen LogP contribution is -2.39. The van der Waals surface area contributed by atoms with Crippen LogP contribution < -0.4 is 10.6 Å². The number of piperidine rings is 1. The van der Waals surface area contributed by atoms with Gasteiger partial charge in [-0.2, -0.15) is 0 Å². The largest absolute Gasteiger partial charge is 0.352 e. The molecule has 1 aliphatic rings. The van der Waals surface area contributed by atoms with Crippen molar-refractivity contribution in [3.8, 4) is 0 Å². The van der Waals surface area contributed by atoms with Gasteiger partial charge in [0, 0.05) is 31.7 Å². The van der Waals surface area contributed by atoms with Crippen LogP contribution in [0.1, 0.15) is 50.0 Å². The fourth-order valence-electron chi connectivity index (χ4n) is 3.83. The Balaban J connectivity index is 1.23. The first-order chi connectivity index (χ1) is 16.5. The van der Waals surface area contributed by atoms with Crippen molar-refractivity contribution >= 4 is 34.7 Å². The fraction of sp³-hybridized carbons (Fsp3) is 0.320. The van der Waals surface area contributed by atoms with E-state index in [1.807, 2.05) is 61.5 Å². The number of anilines is 1. The number of nitrogens with zero attached hydrogens (tertiary/aromatic N) is 3. The number of rotatable bonds is 7. The second-order valence-electron chi connectivity index (χ2n) is 8.43. The van der Waals surface area contributed by atoms with Crippen LogP contribution in [-0.4, -0.2) is 45.9 Å². The summed E-state index contributed by atoms with van der Waals surface area (Å²) in [5.41, 5.74) is 2.83. The Labute approximate surface area is 202 Å². The van der Waals surface area contributed by atoms with E-state index in [0.717, 1.165) is 35.3 Å². The minimum absolute atomic E-state index is 0.0296. The molecule has 2 N–H and O–H groups in total. The average molecular weight is 478 g/mol. The van der Waals surface area contributed by atoms with Crippen LogP contribution in [0.25, 0.3) is 0 Å². The molecule has 1 saturated heterocycles. The minimum atomic E-state index is -0.388. The highest BCUT2D eigenvalue weighted by Gasteiger charge is 2.27. The first-order valence-corrected chi connectivity index (χ1v) is 12.1. The number of aryl methyl sites for hydroxylation is 1. The Hall–Kier alpha value is -3.59. The molecule has 8 nitrogen and oxygen atoms in total. The van der Waals surface area contributed by atoms with Crippen LogP contribution in [0.4, 0.5) is 5.69 Å². The van der Waals surface area contributed by atoms with Gasteiger partial charge in [-0.15, -0.1) is 10.2 Å². The zero-order chi connectivity index (χ0) is 23.9. The van der Waals surface area contributed by atoms with Crippen molar-refractivity contribution in [2.75, 3.05) is 18.4 Å². The van der Waals surface area contributed by atoms with E-state index >= 15 is 0 Å². The number of hydrogen-bond acceptors (Lipinski definition) is 6. The molecule has 3 aromatic rings. The van der Waals surface area contributed by atoms with E-state index in [2.05, 4.69) is 20.8 Å². The van der Waals surface area contributed by atoms with Crippen molar-refractivity contribution in [2.24, 2.45) is 5.92 Å². The van der Waals surface area contributed by atoms with Gasteiger partial charge in [0.25, 0.3) is 11.8 Å². The lowest BCUT2D eigenvalue weighted by atomic mass is 9.93. The summed E-state index contributed by atoms with van der Waals surface area (Å²) in [4.78, 5) is 39.3. The lowest BCUT2D eigenvalue weighted by molar-refractivity contribution is -0.122. The highest BCUT2D eigenvalue weighted by Crippen LogP contribution is 2.23. The first-order valence-electron chi connectivity index (χ1n) is 11.3. The maximum atomic E-state index is 12.8. The maximum absolute atomic E-state index is 12.8. The van der Waals surface area contributed by atoms with E-state index in [1.54, 1.807) is 4.90 Å². The first kappa shape index (κ1) is 23.6. The van der Waals surface area contributed by atoms with Gasteiger partial charge in [0.1, 0.15) is 0 Å². The Morgan fingerprint density at radius 2 is 1.65 bits per heavy atom. The topological polar surface area (TPSA) is 104 Å². The standard InChI is InChI=1S/C25H27N5O3S/c1-17-7-9-20(10-8-17)27-22(32)23-28-29-24(34-23)25(33)30-13-11-18(12-14-30)15-21(31)26-16-19-5-3-2-4-6-19/h2-10,18H,11-16H2,1H3,(H,26,31)(H,27,32). The molecule has 1 aromatic heterocycles. The summed E-state index contributed by atoms with van der Waals surface area (Å²) < 4.78 is 0. The third kappa shape index (κ3) is 6.26. The Kier molecular flexibility index (Phi) is 7.64. The molecule has 1 aliphatic heterocycles. The van der Waals surface area contributed by atoms with Crippen molar-refractivity contribution < 1.29 is 14.4 Å². The molecule has 3 amide bonds. The summed E-state index contributed by atoms with van der Waals surface area (Å²) in [7, 11) is 0. The van der Waals surface area contributed by atoms with Crippen LogP contribution in [0.15, 0.2) is 54.6 Å². The average Bonchev–Trinajstić information content (AvgIpc) is 3.35. The van der Waals surface area contributed by atoms with E-state index in [9.17, 15) is 14.4 Å². The third-order valence-corrected chi connectivity index (χ3v) is 6.73. The van der Waals surface area contributed by atoms with E-state index < -0.39 is 0 Å². The van der Waals surface area contributed by atoms with Gasteiger partial charge in [-0.3, -0.25) is 14.4 Å². The van der Waals surface area contributed by atoms with Crippen molar-refractivity contribution in [1.29, 1.82) is 0 Å². The summed E-state index contributed by atoms with van der Waals surface area (Å²) in [6, 6.07) is 17.2. The Morgan fingerprint density at radius 1 is 0.971 bits per heavy atom. The number of nitrogens with one attached hydrogen (secondary N) is 2. The molecule has 0 aliphatic carbocycles. The predicted octanol–water partition coefficient (Wildman–Crippen LogP) is 3.66. The molecule has 4 rings (SSSR count). The van der Waals surface area contributed by atoms with Crippen molar-refractivity contribution in [2.45, 2.75) is 32.7 Å². The molecule has 0 unspecified atom stereocenters. The Bertz CT molecular complexity index is 1140. The summed E-state index contributed by atoms with van der Waals surface area (Å²) in [6.07, 6.45) is 1.96. The zero-order valence-corrected chi connectivity index (χ0v) is 19.8. The van der Waals surface area contributed by atoms with Crippen molar-refractivity contribution in [1.82, 2.24) is 20.4 Å². The molecule has 0 spiro atoms. The van der Waals surface area contributed by atoms with Crippen LogP contribution in [0.2, 0.25) is 0 Å². The molecule has 2 aromatic carbocycles. The number of amides is 3. The van der Waals surface area contributed by atoms with Gasteiger partial charge >= 0.3 is 0 Å². The summed E-state index contributed by atoms with van der Waals surface area (Å²) in [5, 5.41) is 13.9. The molecule has 0 atom stereocenters. The second kappa shape index (κ2) is 11.0. The predicted molar refractivity (Wildman–Crippen MR) is 131 cm³/mol. The number of benzene rings is 2. The zero-order valence-electron chi connectivity index (χ0n) is 19.0. The highest BCUT2D eigenvalue weighted by molar-refractivity contribution is 7.15. The summed E-state index contributed by atoms with van der Waals surface area (Å²) in [6.45, 7) is 3.60. The normalized spacial score (nSPS) is 14.0. The van der Waals surface area contributed by atoms with Gasteiger partial charge in [0.2, 0.25) is 15.9 Å². The molecular formula is C25H27N5O3S. The van der Waals surface area contributed by atoms with Crippen LogP contribution in [0.3, 0.4) is 0 Å². The smallest absolute Gasteiger partial charge is 0.286 e. The van der Waals surface area contributed by atoms with Crippen LogP contribution in [-0.2, 0) is 11.3 Å². The number of hydrogen-bond donors (Lipinski definition) is 2. The van der Waals surface area contributed by atoms with Crippen LogP contribution in [0.5, 0.6) is 0 Å². The van der Waals surface area contributed by atoms with Gasteiger partial charge in [0.15, 0.2) is 0 Å². The highest BCUT2D eigenvalue weighted by atomic mass is 32.1. The molecule has 0 bridgehead atoms. The van der Waals surface area contributed by atoms with Gasteiger partial charge in [-0.1, -0.05) is 59.4 Å².